The number of piperazine rings is 1. The number of thiazole rings is 1. The molecule has 2 aromatic rings. The number of aromatic nitrogens is 1. The Morgan fingerprint density at radius 2 is 1.96 bits per heavy atom. The number of hydrogen-bond acceptors (Lipinski definition) is 5. The van der Waals surface area contributed by atoms with Crippen LogP contribution in [0.25, 0.3) is 0 Å². The van der Waals surface area contributed by atoms with Crippen molar-refractivity contribution >= 4 is 68.5 Å². The maximum atomic E-state index is 4.49. The van der Waals surface area contributed by atoms with E-state index in [0.717, 1.165) is 55.9 Å². The van der Waals surface area contributed by atoms with Crippen molar-refractivity contribution in [2.45, 2.75) is 26.9 Å². The van der Waals surface area contributed by atoms with E-state index < -0.39 is 0 Å². The third-order valence-corrected chi connectivity index (χ3v) is 6.98. The molecule has 1 fully saturated rings. The quantitative estimate of drug-likeness (QED) is 0.342. The third kappa shape index (κ3) is 5.88. The van der Waals surface area contributed by atoms with Gasteiger partial charge in [0.1, 0.15) is 0 Å². The molecular weight excluding hydrogens is 545 g/mol. The fraction of sp³-hybridized carbons (Fsp3) is 0.529. The lowest BCUT2D eigenvalue weighted by atomic mass is 10.3. The zero-order chi connectivity index (χ0) is 17.8. The highest BCUT2D eigenvalue weighted by Gasteiger charge is 2.20. The van der Waals surface area contributed by atoms with E-state index in [-0.39, 0.29) is 24.0 Å². The number of thiophene rings is 1. The van der Waals surface area contributed by atoms with Crippen molar-refractivity contribution < 1.29 is 0 Å². The lowest BCUT2D eigenvalue weighted by Crippen LogP contribution is -2.51. The zero-order valence-corrected chi connectivity index (χ0v) is 20.8. The topological polar surface area (TPSA) is 43.8 Å². The molecule has 3 rings (SSSR count). The average Bonchev–Trinajstić information content (AvgIpc) is 3.14. The summed E-state index contributed by atoms with van der Waals surface area (Å²) in [5, 5.41) is 4.62. The van der Waals surface area contributed by atoms with Crippen molar-refractivity contribution in [2.24, 2.45) is 4.99 Å². The van der Waals surface area contributed by atoms with Crippen LogP contribution >= 0.6 is 62.6 Å². The molecule has 9 heteroatoms. The molecule has 0 spiro atoms. The van der Waals surface area contributed by atoms with E-state index in [0.29, 0.717) is 0 Å². The van der Waals surface area contributed by atoms with Gasteiger partial charge >= 0.3 is 0 Å². The van der Waals surface area contributed by atoms with Gasteiger partial charge in [0, 0.05) is 49.5 Å². The van der Waals surface area contributed by atoms with Crippen LogP contribution in [0.5, 0.6) is 0 Å². The van der Waals surface area contributed by atoms with E-state index in [1.165, 1.54) is 13.5 Å². The van der Waals surface area contributed by atoms with Gasteiger partial charge < -0.3 is 10.2 Å². The third-order valence-electron chi connectivity index (χ3n) is 4.30. The summed E-state index contributed by atoms with van der Waals surface area (Å²) in [6, 6.07) is 4.34. The van der Waals surface area contributed by atoms with Crippen LogP contribution in [0, 0.1) is 13.8 Å². The molecule has 144 valence electrons. The second-order valence-corrected chi connectivity index (χ2v) is 9.95. The molecule has 0 amide bonds. The lowest BCUT2D eigenvalue weighted by molar-refractivity contribution is 0.173. The lowest BCUT2D eigenvalue weighted by Gasteiger charge is -2.36. The Labute approximate surface area is 189 Å². The number of hydrogen-bond donors (Lipinski definition) is 1. The monoisotopic (exact) mass is 569 g/mol. The number of aryl methyl sites for hydroxylation is 2. The smallest absolute Gasteiger partial charge is 0.194 e. The van der Waals surface area contributed by atoms with Crippen molar-refractivity contribution in [2.75, 3.05) is 33.2 Å². The van der Waals surface area contributed by atoms with Crippen LogP contribution in [0.2, 0.25) is 0 Å². The first-order valence-electron chi connectivity index (χ1n) is 8.40. The Bertz CT molecular complexity index is 737. The fourth-order valence-corrected chi connectivity index (χ4v) is 5.41. The van der Waals surface area contributed by atoms with E-state index in [2.05, 4.69) is 67.0 Å². The Kier molecular flexibility index (Phi) is 8.78. The van der Waals surface area contributed by atoms with Crippen LogP contribution in [0.3, 0.4) is 0 Å². The first-order valence-corrected chi connectivity index (χ1v) is 10.8. The number of rotatable bonds is 4. The van der Waals surface area contributed by atoms with E-state index in [1.807, 2.05) is 18.4 Å². The molecule has 3 heterocycles. The van der Waals surface area contributed by atoms with Crippen molar-refractivity contribution in [3.8, 4) is 0 Å². The minimum absolute atomic E-state index is 0. The zero-order valence-electron chi connectivity index (χ0n) is 15.3. The van der Waals surface area contributed by atoms with Crippen molar-refractivity contribution in [3.05, 3.63) is 36.4 Å². The second kappa shape index (κ2) is 10.4. The fourth-order valence-electron chi connectivity index (χ4n) is 3.00. The van der Waals surface area contributed by atoms with Gasteiger partial charge in [-0.2, -0.15) is 0 Å². The summed E-state index contributed by atoms with van der Waals surface area (Å²) in [5.74, 6) is 0.990. The van der Waals surface area contributed by atoms with Crippen LogP contribution in [-0.4, -0.2) is 54.0 Å². The predicted octanol–water partition coefficient (Wildman–Crippen LogP) is 4.10. The van der Waals surface area contributed by atoms with E-state index in [1.54, 1.807) is 11.3 Å². The van der Waals surface area contributed by atoms with E-state index >= 15 is 0 Å². The molecular formula is C17H25BrIN5S2. The van der Waals surface area contributed by atoms with Crippen LogP contribution in [-0.2, 0) is 13.1 Å². The minimum atomic E-state index is 0. The Morgan fingerprint density at radius 1 is 1.23 bits per heavy atom. The average molecular weight is 570 g/mol. The molecule has 1 aliphatic rings. The molecule has 5 nitrogen and oxygen atoms in total. The summed E-state index contributed by atoms with van der Waals surface area (Å²) in [5.41, 5.74) is 1.12. The summed E-state index contributed by atoms with van der Waals surface area (Å²) in [7, 11) is 1.86. The summed E-state index contributed by atoms with van der Waals surface area (Å²) in [6.45, 7) is 10.1. The molecule has 0 bridgehead atoms. The van der Waals surface area contributed by atoms with Gasteiger partial charge in [-0.3, -0.25) is 9.89 Å². The predicted molar refractivity (Wildman–Crippen MR) is 126 cm³/mol. The number of halogens is 2. The molecule has 1 N–H and O–H groups in total. The highest BCUT2D eigenvalue weighted by atomic mass is 127. The first kappa shape index (κ1) is 22.1. The largest absolute Gasteiger partial charge is 0.351 e. The summed E-state index contributed by atoms with van der Waals surface area (Å²) in [4.78, 5) is 16.5. The van der Waals surface area contributed by atoms with Crippen LogP contribution in [0.15, 0.2) is 20.9 Å². The summed E-state index contributed by atoms with van der Waals surface area (Å²) >= 11 is 7.12. The molecule has 0 atom stereocenters. The van der Waals surface area contributed by atoms with Gasteiger partial charge in [-0.05, 0) is 41.9 Å². The number of nitrogens with zero attached hydrogens (tertiary/aromatic N) is 4. The van der Waals surface area contributed by atoms with Gasteiger partial charge in [-0.1, -0.05) is 0 Å². The van der Waals surface area contributed by atoms with Crippen molar-refractivity contribution in [3.63, 3.8) is 0 Å². The van der Waals surface area contributed by atoms with E-state index in [4.69, 9.17) is 0 Å². The number of aliphatic imine (C=N–C) groups is 1. The van der Waals surface area contributed by atoms with Crippen molar-refractivity contribution in [1.29, 1.82) is 0 Å². The molecule has 1 saturated heterocycles. The van der Waals surface area contributed by atoms with Gasteiger partial charge in [0.2, 0.25) is 0 Å². The molecule has 0 radical (unpaired) electrons. The van der Waals surface area contributed by atoms with Crippen LogP contribution in [0.1, 0.15) is 20.5 Å². The van der Waals surface area contributed by atoms with Crippen molar-refractivity contribution in [1.82, 2.24) is 20.1 Å². The molecule has 0 saturated carbocycles. The summed E-state index contributed by atoms with van der Waals surface area (Å²) < 4.78 is 1.21. The second-order valence-electron chi connectivity index (χ2n) is 6.11. The Hall–Kier alpha value is -0.230. The number of guanidine groups is 1. The van der Waals surface area contributed by atoms with Crippen LogP contribution < -0.4 is 5.32 Å². The highest BCUT2D eigenvalue weighted by molar-refractivity contribution is 14.0. The summed E-state index contributed by atoms with van der Waals surface area (Å²) in [6.07, 6.45) is 0. The normalized spacial score (nSPS) is 15.8. The highest BCUT2D eigenvalue weighted by Crippen LogP contribution is 2.23. The maximum absolute atomic E-state index is 4.49. The molecule has 0 aliphatic carbocycles. The van der Waals surface area contributed by atoms with Gasteiger partial charge in [-0.15, -0.1) is 46.7 Å². The van der Waals surface area contributed by atoms with Crippen LogP contribution in [0.4, 0.5) is 0 Å². The molecule has 0 unspecified atom stereocenters. The molecule has 2 aromatic heterocycles. The first-order chi connectivity index (χ1) is 12.0. The van der Waals surface area contributed by atoms with Gasteiger partial charge in [0.25, 0.3) is 0 Å². The SMILES string of the molecule is CN=C(NCc1sc(C)nc1C)N1CCN(Cc2ccc(Br)s2)CC1.I. The minimum Gasteiger partial charge on any atom is -0.351 e. The van der Waals surface area contributed by atoms with E-state index in [9.17, 15) is 0 Å². The molecule has 26 heavy (non-hydrogen) atoms. The Balaban J connectivity index is 0.00000243. The standard InChI is InChI=1S/C17H24BrN5S2.HI/c1-12-15(24-13(2)21-12)10-20-17(19-3)23-8-6-22(7-9-23)11-14-4-5-16(18)25-14;/h4-5H,6-11H2,1-3H3,(H,19,20);1H. The Morgan fingerprint density at radius 3 is 2.50 bits per heavy atom. The number of nitrogens with one attached hydrogen (secondary N) is 1. The maximum Gasteiger partial charge on any atom is 0.194 e. The van der Waals surface area contributed by atoms with Gasteiger partial charge in [0.15, 0.2) is 5.96 Å². The molecule has 0 aromatic carbocycles. The van der Waals surface area contributed by atoms with Gasteiger partial charge in [-0.25, -0.2) is 4.98 Å². The van der Waals surface area contributed by atoms with Gasteiger partial charge in [0.05, 0.1) is 21.0 Å². The molecule has 1 aliphatic heterocycles.